The molecule has 3 nitrogen and oxygen atoms in total. The number of benzene rings is 3. The summed E-state index contributed by atoms with van der Waals surface area (Å²) in [5, 5.41) is 9.45. The van der Waals surface area contributed by atoms with Gasteiger partial charge in [0.05, 0.1) is 17.2 Å². The maximum absolute atomic E-state index is 12.4. The summed E-state index contributed by atoms with van der Waals surface area (Å²) in [6.45, 7) is 3.96. The maximum Gasteiger partial charge on any atom is 0.343 e. The number of hydrogen-bond acceptors (Lipinski definition) is 3. The highest BCUT2D eigenvalue weighted by Gasteiger charge is 2.10. The molecule has 0 radical (unpaired) electrons. The second-order valence-corrected chi connectivity index (χ2v) is 6.30. The minimum Gasteiger partial charge on any atom is -0.423 e. The smallest absolute Gasteiger partial charge is 0.343 e. The van der Waals surface area contributed by atoms with E-state index >= 15 is 0 Å². The summed E-state index contributed by atoms with van der Waals surface area (Å²) in [5.41, 5.74) is 4.87. The molecule has 132 valence electrons. The average molecular weight is 353 g/mol. The molecule has 3 aromatic carbocycles. The van der Waals surface area contributed by atoms with Crippen molar-refractivity contribution in [1.29, 1.82) is 5.26 Å². The van der Waals surface area contributed by atoms with E-state index in [4.69, 9.17) is 4.74 Å². The first-order valence-corrected chi connectivity index (χ1v) is 8.63. The zero-order valence-corrected chi connectivity index (χ0v) is 15.3. The number of allylic oxidation sites excluding steroid dienone is 1. The van der Waals surface area contributed by atoms with Crippen LogP contribution in [-0.2, 0) is 0 Å². The summed E-state index contributed by atoms with van der Waals surface area (Å²) < 4.78 is 5.51. The van der Waals surface area contributed by atoms with E-state index in [1.54, 1.807) is 30.3 Å². The highest BCUT2D eigenvalue weighted by molar-refractivity contribution is 5.92. The minimum absolute atomic E-state index is 0.400. The van der Waals surface area contributed by atoms with Gasteiger partial charge in [0.2, 0.25) is 0 Å². The number of rotatable bonds is 4. The molecule has 0 saturated heterocycles. The van der Waals surface area contributed by atoms with E-state index in [9.17, 15) is 10.1 Å². The Balaban J connectivity index is 1.83. The molecule has 3 aromatic rings. The highest BCUT2D eigenvalue weighted by atomic mass is 16.5. The van der Waals surface area contributed by atoms with Gasteiger partial charge in [0.25, 0.3) is 0 Å². The average Bonchev–Trinajstić information content (AvgIpc) is 2.69. The Morgan fingerprint density at radius 1 is 0.889 bits per heavy atom. The van der Waals surface area contributed by atoms with Crippen molar-refractivity contribution in [2.45, 2.75) is 13.8 Å². The number of hydrogen-bond donors (Lipinski definition) is 0. The van der Waals surface area contributed by atoms with E-state index in [-0.39, 0.29) is 0 Å². The predicted molar refractivity (Wildman–Crippen MR) is 107 cm³/mol. The zero-order chi connectivity index (χ0) is 19.2. The summed E-state index contributed by atoms with van der Waals surface area (Å²) in [5.74, 6) is 0.0418. The second-order valence-electron chi connectivity index (χ2n) is 6.30. The summed E-state index contributed by atoms with van der Waals surface area (Å²) in [4.78, 5) is 12.4. The highest BCUT2D eigenvalue weighted by Crippen LogP contribution is 2.21. The fourth-order valence-corrected chi connectivity index (χ4v) is 2.67. The summed E-state index contributed by atoms with van der Waals surface area (Å²) in [7, 11) is 0. The normalized spacial score (nSPS) is 10.9. The number of nitriles is 1. The molecule has 0 bridgehead atoms. The number of carbonyl (C=O) groups is 1. The molecule has 3 rings (SSSR count). The standard InChI is InChI=1S/C24H19NO2/c1-17-11-12-21(13-18(17)2)24(26)27-23-10-6-7-19(15-23)14-22(16-25)20-8-4-3-5-9-20/h3-15H,1-2H3/b22-14-. The molecule has 0 heterocycles. The lowest BCUT2D eigenvalue weighted by Crippen LogP contribution is -2.09. The lowest BCUT2D eigenvalue weighted by atomic mass is 10.0. The van der Waals surface area contributed by atoms with Gasteiger partial charge in [0.1, 0.15) is 5.75 Å². The predicted octanol–water partition coefficient (Wildman–Crippen LogP) is 5.59. The fourth-order valence-electron chi connectivity index (χ4n) is 2.67. The lowest BCUT2D eigenvalue weighted by molar-refractivity contribution is 0.0734. The van der Waals surface area contributed by atoms with Crippen LogP contribution in [0.1, 0.15) is 32.6 Å². The van der Waals surface area contributed by atoms with Crippen molar-refractivity contribution in [3.63, 3.8) is 0 Å². The SMILES string of the molecule is Cc1ccc(C(=O)Oc2cccc(/C=C(/C#N)c3ccccc3)c2)cc1C. The summed E-state index contributed by atoms with van der Waals surface area (Å²) in [6.07, 6.45) is 1.78. The molecular weight excluding hydrogens is 334 g/mol. The Morgan fingerprint density at radius 2 is 1.67 bits per heavy atom. The Morgan fingerprint density at radius 3 is 2.37 bits per heavy atom. The van der Waals surface area contributed by atoms with Crippen LogP contribution in [0, 0.1) is 25.2 Å². The third-order valence-corrected chi connectivity index (χ3v) is 4.33. The number of carbonyl (C=O) groups excluding carboxylic acids is 1. The molecular formula is C24H19NO2. The first-order chi connectivity index (χ1) is 13.1. The molecule has 0 spiro atoms. The van der Waals surface area contributed by atoms with Crippen LogP contribution in [0.25, 0.3) is 11.6 Å². The molecule has 0 N–H and O–H groups in total. The second kappa shape index (κ2) is 8.16. The van der Waals surface area contributed by atoms with Crippen LogP contribution < -0.4 is 4.74 Å². The Kier molecular flexibility index (Phi) is 5.49. The van der Waals surface area contributed by atoms with E-state index in [0.29, 0.717) is 16.9 Å². The third-order valence-electron chi connectivity index (χ3n) is 4.33. The van der Waals surface area contributed by atoms with Crippen molar-refractivity contribution < 1.29 is 9.53 Å². The molecule has 0 atom stereocenters. The number of nitrogens with zero attached hydrogens (tertiary/aromatic N) is 1. The number of ether oxygens (including phenoxy) is 1. The minimum atomic E-state index is -0.400. The molecule has 0 aliphatic heterocycles. The number of aryl methyl sites for hydroxylation is 2. The molecule has 27 heavy (non-hydrogen) atoms. The zero-order valence-electron chi connectivity index (χ0n) is 15.3. The van der Waals surface area contributed by atoms with Gasteiger partial charge in [-0.3, -0.25) is 0 Å². The third kappa shape index (κ3) is 4.50. The van der Waals surface area contributed by atoms with Crippen molar-refractivity contribution in [3.8, 4) is 11.8 Å². The van der Waals surface area contributed by atoms with E-state index < -0.39 is 5.97 Å². The van der Waals surface area contributed by atoms with Crippen LogP contribution >= 0.6 is 0 Å². The maximum atomic E-state index is 12.4. The van der Waals surface area contributed by atoms with Crippen LogP contribution in [0.4, 0.5) is 0 Å². The van der Waals surface area contributed by atoms with Gasteiger partial charge >= 0.3 is 5.97 Å². The van der Waals surface area contributed by atoms with E-state index in [1.807, 2.05) is 62.4 Å². The first kappa shape index (κ1) is 18.2. The van der Waals surface area contributed by atoms with Crippen LogP contribution in [0.3, 0.4) is 0 Å². The van der Waals surface area contributed by atoms with Gasteiger partial charge in [-0.05, 0) is 66.4 Å². The Bertz CT molecular complexity index is 1040. The van der Waals surface area contributed by atoms with Crippen molar-refractivity contribution in [2.75, 3.05) is 0 Å². The molecule has 0 fully saturated rings. The van der Waals surface area contributed by atoms with Crippen LogP contribution in [0.2, 0.25) is 0 Å². The molecule has 0 aliphatic rings. The summed E-state index contributed by atoms with van der Waals surface area (Å²) in [6, 6.07) is 24.3. The summed E-state index contributed by atoms with van der Waals surface area (Å²) >= 11 is 0. The number of esters is 1. The van der Waals surface area contributed by atoms with Gasteiger partial charge in [0, 0.05) is 0 Å². The van der Waals surface area contributed by atoms with Crippen molar-refractivity contribution in [1.82, 2.24) is 0 Å². The van der Waals surface area contributed by atoms with Gasteiger partial charge in [-0.25, -0.2) is 4.79 Å². The van der Waals surface area contributed by atoms with Crippen molar-refractivity contribution in [3.05, 3.63) is 101 Å². The lowest BCUT2D eigenvalue weighted by Gasteiger charge is -2.07. The van der Waals surface area contributed by atoms with Gasteiger partial charge < -0.3 is 4.74 Å². The van der Waals surface area contributed by atoms with Gasteiger partial charge in [-0.15, -0.1) is 0 Å². The monoisotopic (exact) mass is 353 g/mol. The quantitative estimate of drug-likeness (QED) is 0.266. The van der Waals surface area contributed by atoms with Crippen LogP contribution in [0.5, 0.6) is 5.75 Å². The van der Waals surface area contributed by atoms with E-state index in [0.717, 1.165) is 22.3 Å². The first-order valence-electron chi connectivity index (χ1n) is 8.63. The Hall–Kier alpha value is -3.64. The molecule has 0 unspecified atom stereocenters. The van der Waals surface area contributed by atoms with Gasteiger partial charge in [0.15, 0.2) is 0 Å². The molecule has 0 aliphatic carbocycles. The van der Waals surface area contributed by atoms with E-state index in [2.05, 4.69) is 6.07 Å². The van der Waals surface area contributed by atoms with Crippen molar-refractivity contribution >= 4 is 17.6 Å². The molecule has 0 aromatic heterocycles. The Labute approximate surface area is 159 Å². The van der Waals surface area contributed by atoms with Crippen LogP contribution in [0.15, 0.2) is 72.8 Å². The largest absolute Gasteiger partial charge is 0.423 e. The van der Waals surface area contributed by atoms with Crippen LogP contribution in [-0.4, -0.2) is 5.97 Å². The van der Waals surface area contributed by atoms with Gasteiger partial charge in [-0.1, -0.05) is 48.5 Å². The van der Waals surface area contributed by atoms with Gasteiger partial charge in [-0.2, -0.15) is 5.26 Å². The van der Waals surface area contributed by atoms with Crippen molar-refractivity contribution in [2.24, 2.45) is 0 Å². The van der Waals surface area contributed by atoms with E-state index in [1.165, 1.54) is 0 Å². The topological polar surface area (TPSA) is 50.1 Å². The molecule has 3 heteroatoms. The fraction of sp³-hybridized carbons (Fsp3) is 0.0833. The molecule has 0 saturated carbocycles. The molecule has 0 amide bonds.